The van der Waals surface area contributed by atoms with Gasteiger partial charge in [0.05, 0.1) is 11.3 Å². The van der Waals surface area contributed by atoms with Crippen LogP contribution in [0.1, 0.15) is 23.7 Å². The lowest BCUT2D eigenvalue weighted by Gasteiger charge is -2.17. The predicted molar refractivity (Wildman–Crippen MR) is 112 cm³/mol. The van der Waals surface area contributed by atoms with Crippen molar-refractivity contribution in [1.82, 2.24) is 16.0 Å². The molecule has 1 amide bonds. The monoisotopic (exact) mass is 500 g/mol. The number of guanidine groups is 1. The van der Waals surface area contributed by atoms with Gasteiger partial charge >= 0.3 is 0 Å². The van der Waals surface area contributed by atoms with Crippen molar-refractivity contribution in [3.63, 3.8) is 0 Å². The van der Waals surface area contributed by atoms with E-state index >= 15 is 0 Å². The van der Waals surface area contributed by atoms with Crippen LogP contribution >= 0.6 is 24.0 Å². The summed E-state index contributed by atoms with van der Waals surface area (Å²) in [6.07, 6.45) is 1.66. The van der Waals surface area contributed by atoms with E-state index in [1.807, 2.05) is 6.92 Å². The zero-order valence-electron chi connectivity index (χ0n) is 15.1. The van der Waals surface area contributed by atoms with Crippen molar-refractivity contribution in [3.8, 4) is 0 Å². The van der Waals surface area contributed by atoms with E-state index in [4.69, 9.17) is 0 Å². The molecule has 1 rings (SSSR count). The molecule has 1 aromatic carbocycles. The molecule has 0 spiro atoms. The molecule has 0 aliphatic heterocycles. The van der Waals surface area contributed by atoms with Crippen LogP contribution in [0.15, 0.2) is 29.3 Å². The van der Waals surface area contributed by atoms with E-state index in [2.05, 4.69) is 20.9 Å². The molecule has 0 bridgehead atoms. The number of hydrogen-bond donors (Lipinski definition) is 3. The van der Waals surface area contributed by atoms with Crippen LogP contribution in [0.25, 0.3) is 0 Å². The van der Waals surface area contributed by atoms with Crippen molar-refractivity contribution in [3.05, 3.63) is 35.6 Å². The Balaban J connectivity index is 0.00000625. The summed E-state index contributed by atoms with van der Waals surface area (Å²) in [5.41, 5.74) is -0.000552. The largest absolute Gasteiger partial charge is 0.355 e. The maximum absolute atomic E-state index is 13.5. The van der Waals surface area contributed by atoms with Gasteiger partial charge in [-0.05, 0) is 25.5 Å². The summed E-state index contributed by atoms with van der Waals surface area (Å²) in [5.74, 6) is -0.452. The summed E-state index contributed by atoms with van der Waals surface area (Å²) in [7, 11) is -1.41. The number of halogens is 2. The van der Waals surface area contributed by atoms with Crippen molar-refractivity contribution in [2.24, 2.45) is 4.99 Å². The molecule has 0 radical (unpaired) electrons. The Morgan fingerprint density at radius 3 is 2.42 bits per heavy atom. The van der Waals surface area contributed by atoms with E-state index in [0.29, 0.717) is 18.9 Å². The van der Waals surface area contributed by atoms with E-state index in [1.54, 1.807) is 13.1 Å². The smallest absolute Gasteiger partial charge is 0.254 e. The number of benzene rings is 1. The fourth-order valence-electron chi connectivity index (χ4n) is 1.99. The van der Waals surface area contributed by atoms with Gasteiger partial charge in [0.2, 0.25) is 0 Å². The Morgan fingerprint density at radius 1 is 1.23 bits per heavy atom. The van der Waals surface area contributed by atoms with Crippen molar-refractivity contribution >= 4 is 45.7 Å². The number of nitrogens with zero attached hydrogens (tertiary/aromatic N) is 1. The number of nitrogens with one attached hydrogen (secondary N) is 3. The Morgan fingerprint density at radius 2 is 1.85 bits per heavy atom. The zero-order chi connectivity index (χ0) is 18.9. The minimum Gasteiger partial charge on any atom is -0.355 e. The highest BCUT2D eigenvalue weighted by atomic mass is 127. The molecule has 0 heterocycles. The summed E-state index contributed by atoms with van der Waals surface area (Å²) in [5, 5.41) is 8.68. The number of carbonyl (C=O) groups is 1. The minimum absolute atomic E-state index is 0. The normalized spacial score (nSPS) is 12.7. The second kappa shape index (κ2) is 12.0. The average Bonchev–Trinajstić information content (AvgIpc) is 2.55. The van der Waals surface area contributed by atoms with Crippen molar-refractivity contribution in [1.29, 1.82) is 0 Å². The molecule has 26 heavy (non-hydrogen) atoms. The highest BCUT2D eigenvalue weighted by Gasteiger charge is 2.11. The van der Waals surface area contributed by atoms with Gasteiger partial charge in [-0.15, -0.1) is 24.0 Å². The molecule has 7 nitrogen and oxygen atoms in total. The van der Waals surface area contributed by atoms with E-state index in [-0.39, 0.29) is 47.9 Å². The van der Waals surface area contributed by atoms with Crippen LogP contribution < -0.4 is 16.0 Å². The molecular weight excluding hydrogens is 474 g/mol. The Kier molecular flexibility index (Phi) is 11.4. The SMILES string of the molecule is CN=C(NCCNC(=O)c1ccccc1F)NC(C)CCS(C)(=O)=O.I. The number of rotatable bonds is 8. The Hall–Kier alpha value is -1.43. The molecule has 148 valence electrons. The van der Waals surface area contributed by atoms with Gasteiger partial charge in [-0.3, -0.25) is 9.79 Å². The first-order valence-corrected chi connectivity index (χ1v) is 9.96. The molecule has 1 aromatic rings. The lowest BCUT2D eigenvalue weighted by molar-refractivity contribution is 0.0950. The molecule has 0 saturated carbocycles. The number of carbonyl (C=O) groups excluding carboxylic acids is 1. The maximum atomic E-state index is 13.5. The lowest BCUT2D eigenvalue weighted by atomic mass is 10.2. The van der Waals surface area contributed by atoms with Crippen LogP contribution in [-0.2, 0) is 9.84 Å². The minimum atomic E-state index is -3.00. The molecule has 0 aliphatic carbocycles. The van der Waals surface area contributed by atoms with Crippen LogP contribution in [-0.4, -0.2) is 58.5 Å². The fourth-order valence-corrected chi connectivity index (χ4v) is 2.77. The van der Waals surface area contributed by atoms with Crippen LogP contribution in [0.4, 0.5) is 4.39 Å². The second-order valence-electron chi connectivity index (χ2n) is 5.70. The zero-order valence-corrected chi connectivity index (χ0v) is 18.2. The van der Waals surface area contributed by atoms with Gasteiger partial charge in [-0.1, -0.05) is 12.1 Å². The number of aliphatic imine (C=N–C) groups is 1. The third-order valence-corrected chi connectivity index (χ3v) is 4.33. The molecule has 0 aromatic heterocycles. The first-order valence-electron chi connectivity index (χ1n) is 7.90. The van der Waals surface area contributed by atoms with Gasteiger partial charge in [-0.2, -0.15) is 0 Å². The van der Waals surface area contributed by atoms with Crippen molar-refractivity contribution in [2.45, 2.75) is 19.4 Å². The van der Waals surface area contributed by atoms with E-state index in [1.165, 1.54) is 24.5 Å². The van der Waals surface area contributed by atoms with Gasteiger partial charge in [-0.25, -0.2) is 12.8 Å². The summed E-state index contributed by atoms with van der Waals surface area (Å²) in [4.78, 5) is 15.9. The molecule has 3 N–H and O–H groups in total. The Labute approximate surface area is 171 Å². The standard InChI is InChI=1S/C16H25FN4O3S.HI/c1-12(8-11-25(3,23)24)21-16(18-2)20-10-9-19-15(22)13-6-4-5-7-14(13)17;/h4-7,12H,8-11H2,1-3H3,(H,19,22)(H2,18,20,21);1H. The van der Waals surface area contributed by atoms with Crippen LogP contribution in [0, 0.1) is 5.82 Å². The number of sulfone groups is 1. The van der Waals surface area contributed by atoms with Crippen molar-refractivity contribution in [2.75, 3.05) is 32.1 Å². The van der Waals surface area contributed by atoms with Gasteiger partial charge in [0.1, 0.15) is 15.7 Å². The molecule has 0 fully saturated rings. The molecular formula is C16H26FIN4O3S. The quantitative estimate of drug-likeness (QED) is 0.215. The van der Waals surface area contributed by atoms with Gasteiger partial charge < -0.3 is 16.0 Å². The highest BCUT2D eigenvalue weighted by Crippen LogP contribution is 2.05. The molecule has 0 saturated heterocycles. The third kappa shape index (κ3) is 9.90. The summed E-state index contributed by atoms with van der Waals surface area (Å²) in [6.45, 7) is 2.53. The average molecular weight is 500 g/mol. The van der Waals surface area contributed by atoms with Crippen LogP contribution in [0.3, 0.4) is 0 Å². The topological polar surface area (TPSA) is 99.7 Å². The van der Waals surface area contributed by atoms with Gasteiger partial charge in [0.15, 0.2) is 5.96 Å². The van der Waals surface area contributed by atoms with Crippen molar-refractivity contribution < 1.29 is 17.6 Å². The predicted octanol–water partition coefficient (Wildman–Crippen LogP) is 1.16. The van der Waals surface area contributed by atoms with Crippen LogP contribution in [0.5, 0.6) is 0 Å². The third-order valence-electron chi connectivity index (χ3n) is 3.35. The van der Waals surface area contributed by atoms with E-state index < -0.39 is 21.6 Å². The lowest BCUT2D eigenvalue weighted by Crippen LogP contribution is -2.45. The summed E-state index contributed by atoms with van der Waals surface area (Å²) >= 11 is 0. The second-order valence-corrected chi connectivity index (χ2v) is 7.96. The number of amides is 1. The maximum Gasteiger partial charge on any atom is 0.254 e. The number of hydrogen-bond acceptors (Lipinski definition) is 4. The van der Waals surface area contributed by atoms with Crippen LogP contribution in [0.2, 0.25) is 0 Å². The van der Waals surface area contributed by atoms with Gasteiger partial charge in [0.25, 0.3) is 5.91 Å². The van der Waals surface area contributed by atoms with E-state index in [9.17, 15) is 17.6 Å². The molecule has 1 unspecified atom stereocenters. The molecule has 0 aliphatic rings. The fraction of sp³-hybridized carbons (Fsp3) is 0.500. The molecule has 1 atom stereocenters. The van der Waals surface area contributed by atoms with Gasteiger partial charge in [0, 0.05) is 32.4 Å². The molecule has 10 heteroatoms. The highest BCUT2D eigenvalue weighted by molar-refractivity contribution is 14.0. The Bertz CT molecular complexity index is 713. The first-order chi connectivity index (χ1) is 11.7. The first kappa shape index (κ1) is 24.6. The summed E-state index contributed by atoms with van der Waals surface area (Å²) in [6, 6.07) is 5.70. The van der Waals surface area contributed by atoms with E-state index in [0.717, 1.165) is 0 Å². The summed E-state index contributed by atoms with van der Waals surface area (Å²) < 4.78 is 35.8.